The highest BCUT2D eigenvalue weighted by atomic mass is 15.0. The highest BCUT2D eigenvalue weighted by Crippen LogP contribution is 2.37. The van der Waals surface area contributed by atoms with Gasteiger partial charge in [0.25, 0.3) is 0 Å². The van der Waals surface area contributed by atoms with Crippen LogP contribution in [0.1, 0.15) is 24.0 Å². The van der Waals surface area contributed by atoms with Crippen molar-refractivity contribution in [3.05, 3.63) is 54.1 Å². The zero-order chi connectivity index (χ0) is 10.8. The zero-order valence-corrected chi connectivity index (χ0v) is 9.33. The van der Waals surface area contributed by atoms with E-state index in [1.54, 1.807) is 0 Å². The second-order valence-electron chi connectivity index (χ2n) is 4.05. The van der Waals surface area contributed by atoms with E-state index in [4.69, 9.17) is 0 Å². The van der Waals surface area contributed by atoms with Crippen LogP contribution in [-0.2, 0) is 0 Å². The van der Waals surface area contributed by atoms with E-state index in [2.05, 4.69) is 56.1 Å². The summed E-state index contributed by atoms with van der Waals surface area (Å²) >= 11 is 0. The van der Waals surface area contributed by atoms with E-state index in [0.29, 0.717) is 12.0 Å². The first-order valence-electron chi connectivity index (χ1n) is 5.38. The Bertz CT molecular complexity index is 404. The number of hydrogen-bond donors (Lipinski definition) is 1. The van der Waals surface area contributed by atoms with Gasteiger partial charge in [0.15, 0.2) is 0 Å². The Morgan fingerprint density at radius 2 is 2.20 bits per heavy atom. The molecular weight excluding hydrogens is 182 g/mol. The minimum Gasteiger partial charge on any atom is -0.378 e. The van der Waals surface area contributed by atoms with Crippen LogP contribution in [0.4, 0.5) is 5.69 Å². The van der Waals surface area contributed by atoms with Gasteiger partial charge in [0, 0.05) is 11.6 Å². The lowest BCUT2D eigenvalue weighted by Crippen LogP contribution is -2.15. The molecule has 0 amide bonds. The van der Waals surface area contributed by atoms with Crippen molar-refractivity contribution in [2.24, 2.45) is 0 Å². The Balaban J connectivity index is 2.45. The van der Waals surface area contributed by atoms with E-state index >= 15 is 0 Å². The number of hydrogen-bond acceptors (Lipinski definition) is 1. The zero-order valence-electron chi connectivity index (χ0n) is 9.33. The summed E-state index contributed by atoms with van der Waals surface area (Å²) in [7, 11) is 0. The Kier molecular flexibility index (Phi) is 2.63. The molecule has 0 radical (unpaired) electrons. The minimum atomic E-state index is 0.331. The molecule has 1 aliphatic rings. The normalized spacial score (nSPS) is 23.9. The van der Waals surface area contributed by atoms with Crippen molar-refractivity contribution in [2.45, 2.75) is 25.8 Å². The number of fused-ring (bicyclic) bond motifs is 1. The van der Waals surface area contributed by atoms with Gasteiger partial charge >= 0.3 is 0 Å². The third-order valence-electron chi connectivity index (χ3n) is 2.93. The second-order valence-corrected chi connectivity index (χ2v) is 4.05. The molecule has 2 atom stereocenters. The maximum atomic E-state index is 3.88. The first-order chi connectivity index (χ1) is 7.26. The maximum Gasteiger partial charge on any atom is 0.0546 e. The van der Waals surface area contributed by atoms with Crippen molar-refractivity contribution in [3.8, 4) is 0 Å². The second kappa shape index (κ2) is 3.93. The molecule has 0 bridgehead atoms. The van der Waals surface area contributed by atoms with Crippen LogP contribution in [0.25, 0.3) is 0 Å². The molecule has 1 N–H and O–H groups in total. The molecule has 1 aromatic rings. The van der Waals surface area contributed by atoms with E-state index in [1.807, 2.05) is 6.08 Å². The number of nitrogens with one attached hydrogen (secondary N) is 1. The van der Waals surface area contributed by atoms with Crippen LogP contribution in [0.3, 0.4) is 0 Å². The molecule has 0 aromatic heterocycles. The molecule has 78 valence electrons. The molecule has 2 unspecified atom stereocenters. The van der Waals surface area contributed by atoms with Crippen LogP contribution >= 0.6 is 0 Å². The molecule has 2 rings (SSSR count). The Morgan fingerprint density at radius 1 is 1.40 bits per heavy atom. The number of allylic oxidation sites excluding steroid dienone is 1. The summed E-state index contributed by atoms with van der Waals surface area (Å²) in [5.74, 6) is 0.433. The number of benzene rings is 1. The summed E-state index contributed by atoms with van der Waals surface area (Å²) in [6.45, 7) is 8.08. The first-order valence-corrected chi connectivity index (χ1v) is 5.38. The molecule has 1 heterocycles. The highest BCUT2D eigenvalue weighted by Gasteiger charge is 2.27. The molecule has 0 spiro atoms. The number of aryl methyl sites for hydroxylation is 1. The van der Waals surface area contributed by atoms with Gasteiger partial charge in [0.05, 0.1) is 6.04 Å². The standard InChI is InChI=1S/C14H17N/c1-4-6-11-12-9-10(3)7-8-14(12)15-13(11)5-2/h4-9,11,13,15H,2H2,1,3H3/b6-4-. The smallest absolute Gasteiger partial charge is 0.0546 e. The molecule has 0 saturated heterocycles. The van der Waals surface area contributed by atoms with Gasteiger partial charge in [-0.15, -0.1) is 6.58 Å². The summed E-state index contributed by atoms with van der Waals surface area (Å²) in [4.78, 5) is 0. The van der Waals surface area contributed by atoms with Gasteiger partial charge in [-0.2, -0.15) is 0 Å². The summed E-state index contributed by atoms with van der Waals surface area (Å²) in [5, 5.41) is 3.48. The SMILES string of the molecule is C=CC1Nc2ccc(C)cc2C1/C=C\C. The summed E-state index contributed by atoms with van der Waals surface area (Å²) in [5.41, 5.74) is 3.95. The van der Waals surface area contributed by atoms with Gasteiger partial charge in [-0.05, 0) is 25.5 Å². The van der Waals surface area contributed by atoms with Crippen LogP contribution in [0, 0.1) is 6.92 Å². The topological polar surface area (TPSA) is 12.0 Å². The highest BCUT2D eigenvalue weighted by molar-refractivity contribution is 5.62. The first kappa shape index (κ1) is 10.0. The van der Waals surface area contributed by atoms with Crippen LogP contribution in [-0.4, -0.2) is 6.04 Å². The van der Waals surface area contributed by atoms with Crippen LogP contribution < -0.4 is 5.32 Å². The minimum absolute atomic E-state index is 0.331. The van der Waals surface area contributed by atoms with Crippen LogP contribution in [0.2, 0.25) is 0 Å². The fourth-order valence-electron chi connectivity index (χ4n) is 2.19. The molecule has 1 aromatic carbocycles. The average molecular weight is 199 g/mol. The van der Waals surface area contributed by atoms with E-state index < -0.39 is 0 Å². The predicted molar refractivity (Wildman–Crippen MR) is 66.3 cm³/mol. The van der Waals surface area contributed by atoms with Gasteiger partial charge in [-0.1, -0.05) is 35.9 Å². The maximum absolute atomic E-state index is 3.88. The lowest BCUT2D eigenvalue weighted by molar-refractivity contribution is 0.814. The Hall–Kier alpha value is -1.50. The van der Waals surface area contributed by atoms with Crippen molar-refractivity contribution in [2.75, 3.05) is 5.32 Å². The molecule has 1 nitrogen and oxygen atoms in total. The third kappa shape index (κ3) is 1.70. The molecular formula is C14H17N. The van der Waals surface area contributed by atoms with E-state index in [9.17, 15) is 0 Å². The van der Waals surface area contributed by atoms with Gasteiger partial charge in [0.2, 0.25) is 0 Å². The van der Waals surface area contributed by atoms with Crippen LogP contribution in [0.5, 0.6) is 0 Å². The van der Waals surface area contributed by atoms with Crippen molar-refractivity contribution in [1.29, 1.82) is 0 Å². The molecule has 1 heteroatoms. The van der Waals surface area contributed by atoms with Gasteiger partial charge in [-0.3, -0.25) is 0 Å². The van der Waals surface area contributed by atoms with Gasteiger partial charge in [0.1, 0.15) is 0 Å². The molecule has 15 heavy (non-hydrogen) atoms. The van der Waals surface area contributed by atoms with E-state index in [1.165, 1.54) is 16.8 Å². The quantitative estimate of drug-likeness (QED) is 0.717. The molecule has 0 saturated carbocycles. The largest absolute Gasteiger partial charge is 0.378 e. The van der Waals surface area contributed by atoms with Gasteiger partial charge < -0.3 is 5.32 Å². The van der Waals surface area contributed by atoms with Crippen molar-refractivity contribution in [1.82, 2.24) is 0 Å². The molecule has 0 fully saturated rings. The Morgan fingerprint density at radius 3 is 2.87 bits per heavy atom. The molecule has 0 aliphatic carbocycles. The van der Waals surface area contributed by atoms with Crippen LogP contribution in [0.15, 0.2) is 43.0 Å². The van der Waals surface area contributed by atoms with Crippen molar-refractivity contribution < 1.29 is 0 Å². The van der Waals surface area contributed by atoms with Gasteiger partial charge in [-0.25, -0.2) is 0 Å². The summed E-state index contributed by atoms with van der Waals surface area (Å²) in [6.07, 6.45) is 6.34. The fraction of sp³-hybridized carbons (Fsp3) is 0.286. The van der Waals surface area contributed by atoms with E-state index in [-0.39, 0.29) is 0 Å². The lowest BCUT2D eigenvalue weighted by Gasteiger charge is -2.12. The molecule has 1 aliphatic heterocycles. The third-order valence-corrected chi connectivity index (χ3v) is 2.93. The summed E-state index contributed by atoms with van der Waals surface area (Å²) < 4.78 is 0. The fourth-order valence-corrected chi connectivity index (χ4v) is 2.19. The van der Waals surface area contributed by atoms with E-state index in [0.717, 1.165) is 0 Å². The lowest BCUT2D eigenvalue weighted by atomic mass is 9.93. The average Bonchev–Trinajstić information content (AvgIpc) is 2.57. The predicted octanol–water partition coefficient (Wildman–Crippen LogP) is 3.63. The van der Waals surface area contributed by atoms with Crippen molar-refractivity contribution in [3.63, 3.8) is 0 Å². The monoisotopic (exact) mass is 199 g/mol. The number of rotatable bonds is 2. The van der Waals surface area contributed by atoms with Crippen molar-refractivity contribution >= 4 is 5.69 Å². The summed E-state index contributed by atoms with van der Waals surface area (Å²) in [6, 6.07) is 6.89. The number of anilines is 1. The Labute approximate surface area is 91.5 Å².